The average Bonchev–Trinajstić information content (AvgIpc) is 2.42. The Bertz CT molecular complexity index is 664. The van der Waals surface area contributed by atoms with Crippen LogP contribution in [0.15, 0.2) is 24.3 Å². The molecule has 1 fully saturated rings. The summed E-state index contributed by atoms with van der Waals surface area (Å²) in [6.07, 6.45) is -0.252. The Morgan fingerprint density at radius 1 is 1.12 bits per heavy atom. The summed E-state index contributed by atoms with van der Waals surface area (Å²) < 4.78 is 18.5. The van der Waals surface area contributed by atoms with E-state index in [-0.39, 0.29) is 17.5 Å². The van der Waals surface area contributed by atoms with Gasteiger partial charge in [-0.05, 0) is 51.9 Å². The van der Waals surface area contributed by atoms with Gasteiger partial charge in [-0.15, -0.1) is 0 Å². The maximum Gasteiger partial charge on any atom is 0.316 e. The van der Waals surface area contributed by atoms with Crippen LogP contribution in [-0.4, -0.2) is 26.5 Å². The van der Waals surface area contributed by atoms with Crippen LogP contribution >= 0.6 is 0 Å². The Kier molecular flexibility index (Phi) is 5.50. The van der Waals surface area contributed by atoms with Crippen molar-refractivity contribution in [3.05, 3.63) is 29.8 Å². The van der Waals surface area contributed by atoms with Gasteiger partial charge in [0.25, 0.3) is 0 Å². The van der Waals surface area contributed by atoms with Gasteiger partial charge in [0.05, 0.1) is 12.0 Å². The quantitative estimate of drug-likeness (QED) is 0.403. The molecule has 26 heavy (non-hydrogen) atoms. The highest BCUT2D eigenvalue weighted by molar-refractivity contribution is 6.69. The van der Waals surface area contributed by atoms with Gasteiger partial charge in [-0.25, -0.2) is 0 Å². The van der Waals surface area contributed by atoms with Gasteiger partial charge in [-0.3, -0.25) is 4.79 Å². The summed E-state index contributed by atoms with van der Waals surface area (Å²) in [7, 11) is -1.81. The summed E-state index contributed by atoms with van der Waals surface area (Å²) in [6.45, 7) is 19.3. The van der Waals surface area contributed by atoms with Crippen molar-refractivity contribution in [1.82, 2.24) is 0 Å². The predicted octanol–water partition coefficient (Wildman–Crippen LogP) is 5.35. The molecule has 0 amide bonds. The summed E-state index contributed by atoms with van der Waals surface area (Å²) in [5.41, 5.74) is -0.229. The first-order valence-corrected chi connectivity index (χ1v) is 12.7. The average molecular weight is 379 g/mol. The molecule has 1 saturated heterocycles. The van der Waals surface area contributed by atoms with Crippen molar-refractivity contribution in [3.8, 4) is 5.75 Å². The van der Waals surface area contributed by atoms with Crippen LogP contribution in [-0.2, 0) is 14.0 Å². The lowest BCUT2D eigenvalue weighted by atomic mass is 9.68. The first-order valence-electron chi connectivity index (χ1n) is 9.30. The zero-order chi connectivity index (χ0) is 20.0. The van der Waals surface area contributed by atoms with Gasteiger partial charge in [-0.1, -0.05) is 39.0 Å². The highest BCUT2D eigenvalue weighted by Gasteiger charge is 2.59. The van der Waals surface area contributed by atoms with Crippen LogP contribution in [0.3, 0.4) is 0 Å². The second-order valence-corrected chi connectivity index (χ2v) is 14.7. The zero-order valence-electron chi connectivity index (χ0n) is 17.7. The summed E-state index contributed by atoms with van der Waals surface area (Å²) in [5, 5.41) is 0. The molecule has 1 heterocycles. The lowest BCUT2D eigenvalue weighted by Crippen LogP contribution is -2.65. The van der Waals surface area contributed by atoms with E-state index in [0.717, 1.165) is 5.56 Å². The smallest absolute Gasteiger partial charge is 0.316 e. The van der Waals surface area contributed by atoms with Crippen LogP contribution in [0, 0.1) is 10.8 Å². The van der Waals surface area contributed by atoms with Crippen molar-refractivity contribution >= 4 is 14.3 Å². The molecule has 2 atom stereocenters. The van der Waals surface area contributed by atoms with E-state index in [1.807, 2.05) is 45.0 Å². The molecule has 0 bridgehead atoms. The fourth-order valence-corrected chi connectivity index (χ4v) is 4.66. The molecule has 0 unspecified atom stereocenters. The molecule has 0 spiro atoms. The molecule has 4 nitrogen and oxygen atoms in total. The molecule has 1 aliphatic heterocycles. The SMILES string of the molecule is CC(C)(C)C(=O)Oc1ccccc1[C@@H]1OC[C@@]1(O[Si](C)(C)C)C(C)(C)C. The number of benzene rings is 1. The molecular formula is C21H34O4Si. The molecule has 1 aliphatic rings. The maximum atomic E-state index is 12.4. The molecular weight excluding hydrogens is 344 g/mol. The van der Waals surface area contributed by atoms with E-state index in [9.17, 15) is 4.79 Å². The van der Waals surface area contributed by atoms with E-state index in [1.54, 1.807) is 0 Å². The van der Waals surface area contributed by atoms with Gasteiger partial charge >= 0.3 is 5.97 Å². The van der Waals surface area contributed by atoms with Gasteiger partial charge < -0.3 is 13.9 Å². The van der Waals surface area contributed by atoms with Crippen LogP contribution in [0.1, 0.15) is 53.2 Å². The highest BCUT2D eigenvalue weighted by atomic mass is 28.4. The summed E-state index contributed by atoms with van der Waals surface area (Å²) >= 11 is 0. The molecule has 1 aromatic carbocycles. The molecule has 0 N–H and O–H groups in total. The first-order chi connectivity index (χ1) is 11.7. The number of esters is 1. The van der Waals surface area contributed by atoms with Crippen LogP contribution in [0.2, 0.25) is 19.6 Å². The number of carbonyl (C=O) groups is 1. The van der Waals surface area contributed by atoms with Crippen molar-refractivity contribution in [2.24, 2.45) is 10.8 Å². The van der Waals surface area contributed by atoms with E-state index in [4.69, 9.17) is 13.9 Å². The predicted molar refractivity (Wildman–Crippen MR) is 107 cm³/mol. The fourth-order valence-electron chi connectivity index (χ4n) is 3.09. The number of carbonyl (C=O) groups excluding carboxylic acids is 1. The van der Waals surface area contributed by atoms with Crippen molar-refractivity contribution < 1.29 is 18.7 Å². The van der Waals surface area contributed by atoms with Gasteiger partial charge in [0.2, 0.25) is 0 Å². The van der Waals surface area contributed by atoms with Crippen molar-refractivity contribution in [1.29, 1.82) is 0 Å². The van der Waals surface area contributed by atoms with Gasteiger partial charge in [-0.2, -0.15) is 0 Å². The minimum atomic E-state index is -1.81. The normalized spacial score (nSPS) is 24.1. The van der Waals surface area contributed by atoms with E-state index < -0.39 is 19.3 Å². The Morgan fingerprint density at radius 3 is 2.12 bits per heavy atom. The van der Waals surface area contributed by atoms with Crippen molar-refractivity contribution in [2.45, 2.75) is 72.9 Å². The van der Waals surface area contributed by atoms with Crippen molar-refractivity contribution in [2.75, 3.05) is 6.61 Å². The van der Waals surface area contributed by atoms with Crippen LogP contribution in [0.25, 0.3) is 0 Å². The third kappa shape index (κ3) is 4.21. The van der Waals surface area contributed by atoms with Gasteiger partial charge in [0, 0.05) is 5.56 Å². The van der Waals surface area contributed by atoms with Crippen LogP contribution in [0.4, 0.5) is 0 Å². The van der Waals surface area contributed by atoms with E-state index >= 15 is 0 Å². The van der Waals surface area contributed by atoms with Crippen LogP contribution < -0.4 is 4.74 Å². The molecule has 0 radical (unpaired) electrons. The summed E-state index contributed by atoms with van der Waals surface area (Å²) in [6, 6.07) is 7.64. The minimum absolute atomic E-state index is 0.114. The second kappa shape index (κ2) is 6.77. The molecule has 5 heteroatoms. The van der Waals surface area contributed by atoms with Gasteiger partial charge in [0.15, 0.2) is 8.32 Å². The van der Waals surface area contributed by atoms with Crippen molar-refractivity contribution in [3.63, 3.8) is 0 Å². The van der Waals surface area contributed by atoms with Gasteiger partial charge in [0.1, 0.15) is 17.5 Å². The molecule has 0 saturated carbocycles. The number of hydrogen-bond donors (Lipinski definition) is 0. The Labute approximate surface area is 159 Å². The molecule has 0 aromatic heterocycles. The highest BCUT2D eigenvalue weighted by Crippen LogP contribution is 2.55. The van der Waals surface area contributed by atoms with E-state index in [2.05, 4.69) is 40.4 Å². The Hall–Kier alpha value is -1.17. The molecule has 1 aromatic rings. The van der Waals surface area contributed by atoms with Crippen LogP contribution in [0.5, 0.6) is 5.75 Å². The standard InChI is InChI=1S/C21H34O4Si/c1-19(2,3)18(22)24-16-13-11-10-12-15(16)17-21(14-23-17,20(4,5)6)25-26(7,8)9/h10-13,17H,14H2,1-9H3/t17-,21-/m0/s1. The first kappa shape index (κ1) is 21.1. The summed E-state index contributed by atoms with van der Waals surface area (Å²) in [5.74, 6) is 0.307. The summed E-state index contributed by atoms with van der Waals surface area (Å²) in [4.78, 5) is 12.4. The minimum Gasteiger partial charge on any atom is -0.426 e. The number of para-hydroxylation sites is 1. The third-order valence-corrected chi connectivity index (χ3v) is 5.64. The molecule has 146 valence electrons. The lowest BCUT2D eigenvalue weighted by molar-refractivity contribution is -0.274. The molecule has 2 rings (SSSR count). The zero-order valence-corrected chi connectivity index (χ0v) is 18.7. The molecule has 0 aliphatic carbocycles. The van der Waals surface area contributed by atoms with E-state index in [0.29, 0.717) is 12.4 Å². The number of ether oxygens (including phenoxy) is 2. The monoisotopic (exact) mass is 378 g/mol. The Morgan fingerprint density at radius 2 is 1.69 bits per heavy atom. The topological polar surface area (TPSA) is 44.8 Å². The number of rotatable bonds is 4. The fraction of sp³-hybridized carbons (Fsp3) is 0.667. The number of hydrogen-bond acceptors (Lipinski definition) is 4. The third-order valence-electron chi connectivity index (χ3n) is 4.66. The Balaban J connectivity index is 2.43. The maximum absolute atomic E-state index is 12.4. The second-order valence-electron chi connectivity index (χ2n) is 10.2. The van der Waals surface area contributed by atoms with E-state index in [1.165, 1.54) is 0 Å². The lowest BCUT2D eigenvalue weighted by Gasteiger charge is -2.58. The largest absolute Gasteiger partial charge is 0.426 e.